The number of aromatic nitrogens is 3. The second kappa shape index (κ2) is 5.66. The van der Waals surface area contributed by atoms with Gasteiger partial charge in [0, 0.05) is 17.5 Å². The highest BCUT2D eigenvalue weighted by Crippen LogP contribution is 2.31. The number of aromatic amines is 1. The van der Waals surface area contributed by atoms with Crippen LogP contribution in [0.25, 0.3) is 22.6 Å². The average Bonchev–Trinajstić information content (AvgIpc) is 2.98. The van der Waals surface area contributed by atoms with Crippen molar-refractivity contribution in [2.75, 3.05) is 6.54 Å². The number of phenolic OH excluding ortho intramolecular Hbond substituents is 1. The van der Waals surface area contributed by atoms with Gasteiger partial charge in [0.15, 0.2) is 0 Å². The van der Waals surface area contributed by atoms with E-state index in [9.17, 15) is 5.11 Å². The Labute approximate surface area is 135 Å². The fourth-order valence-electron chi connectivity index (χ4n) is 3.30. The van der Waals surface area contributed by atoms with Crippen molar-refractivity contribution in [3.8, 4) is 28.4 Å². The zero-order valence-corrected chi connectivity index (χ0v) is 13.1. The molecule has 0 aromatic heterocycles. The standard InChI is InChI=1S/C18H20N4O/c1-11-8-13(6-7-19-11)18-20-10-17-16(22-18)9-15(21-17)12-2-4-14(23)5-3-12/h2-5,9-11,13,19,23H,6-8H2,1H3,(H,20,22). The summed E-state index contributed by atoms with van der Waals surface area (Å²) in [5, 5.41) is 12.9. The van der Waals surface area contributed by atoms with Crippen LogP contribution in [0, 0.1) is 0 Å². The van der Waals surface area contributed by atoms with Gasteiger partial charge in [0.1, 0.15) is 17.3 Å². The van der Waals surface area contributed by atoms with Crippen LogP contribution in [0.4, 0.5) is 0 Å². The second-order valence-electron chi connectivity index (χ2n) is 6.33. The van der Waals surface area contributed by atoms with Crippen molar-refractivity contribution >= 4 is 0 Å². The number of benzene rings is 1. The molecular weight excluding hydrogens is 288 g/mol. The summed E-state index contributed by atoms with van der Waals surface area (Å²) < 4.78 is 0. The Balaban J connectivity index is 1.67. The van der Waals surface area contributed by atoms with Crippen LogP contribution in [0.15, 0.2) is 36.5 Å². The van der Waals surface area contributed by atoms with Crippen LogP contribution >= 0.6 is 0 Å². The topological polar surface area (TPSA) is 73.8 Å². The third-order valence-electron chi connectivity index (χ3n) is 4.56. The molecule has 0 saturated carbocycles. The zero-order chi connectivity index (χ0) is 15.8. The largest absolute Gasteiger partial charge is 0.508 e. The maximum atomic E-state index is 9.40. The molecule has 0 radical (unpaired) electrons. The predicted molar refractivity (Wildman–Crippen MR) is 89.5 cm³/mol. The Bertz CT molecular complexity index is 780. The van der Waals surface area contributed by atoms with E-state index in [-0.39, 0.29) is 5.75 Å². The second-order valence-corrected chi connectivity index (χ2v) is 6.33. The van der Waals surface area contributed by atoms with Gasteiger partial charge in [-0.15, -0.1) is 0 Å². The van der Waals surface area contributed by atoms with E-state index >= 15 is 0 Å². The maximum absolute atomic E-state index is 9.40. The van der Waals surface area contributed by atoms with Crippen LogP contribution in [0.3, 0.4) is 0 Å². The van der Waals surface area contributed by atoms with E-state index in [1.54, 1.807) is 12.1 Å². The summed E-state index contributed by atoms with van der Waals surface area (Å²) >= 11 is 0. The van der Waals surface area contributed by atoms with Crippen molar-refractivity contribution in [3.05, 3.63) is 42.4 Å². The van der Waals surface area contributed by atoms with Crippen molar-refractivity contribution in [1.29, 1.82) is 0 Å². The molecule has 2 atom stereocenters. The molecule has 0 bridgehead atoms. The number of piperidine rings is 1. The highest BCUT2D eigenvalue weighted by Gasteiger charge is 2.23. The van der Waals surface area contributed by atoms with Crippen LogP contribution in [0.2, 0.25) is 0 Å². The average molecular weight is 308 g/mol. The molecule has 1 aromatic rings. The number of phenols is 1. The molecule has 118 valence electrons. The van der Waals surface area contributed by atoms with Crippen LogP contribution in [0.1, 0.15) is 31.5 Å². The summed E-state index contributed by atoms with van der Waals surface area (Å²) in [5.74, 6) is 1.79. The first kappa shape index (κ1) is 14.2. The number of rotatable bonds is 2. The van der Waals surface area contributed by atoms with Crippen LogP contribution in [-0.4, -0.2) is 32.6 Å². The van der Waals surface area contributed by atoms with Crippen molar-refractivity contribution in [1.82, 2.24) is 20.3 Å². The van der Waals surface area contributed by atoms with E-state index in [2.05, 4.69) is 33.3 Å². The third-order valence-corrected chi connectivity index (χ3v) is 4.56. The molecule has 4 rings (SSSR count). The van der Waals surface area contributed by atoms with Gasteiger partial charge in [0.25, 0.3) is 0 Å². The lowest BCUT2D eigenvalue weighted by molar-refractivity contribution is 0.371. The van der Waals surface area contributed by atoms with Gasteiger partial charge < -0.3 is 15.4 Å². The highest BCUT2D eigenvalue weighted by molar-refractivity contribution is 5.70. The van der Waals surface area contributed by atoms with Gasteiger partial charge in [0.05, 0.1) is 17.6 Å². The third kappa shape index (κ3) is 2.80. The first-order valence-corrected chi connectivity index (χ1v) is 8.07. The van der Waals surface area contributed by atoms with Crippen molar-refractivity contribution in [3.63, 3.8) is 0 Å². The minimum absolute atomic E-state index is 0.264. The molecule has 5 nitrogen and oxygen atoms in total. The predicted octanol–water partition coefficient (Wildman–Crippen LogP) is 3.14. The molecule has 2 unspecified atom stereocenters. The zero-order valence-electron chi connectivity index (χ0n) is 13.1. The Morgan fingerprint density at radius 3 is 2.78 bits per heavy atom. The van der Waals surface area contributed by atoms with Gasteiger partial charge in [0.2, 0.25) is 0 Å². The Morgan fingerprint density at radius 2 is 2.00 bits per heavy atom. The number of nitrogens with one attached hydrogen (secondary N) is 2. The Morgan fingerprint density at radius 1 is 1.17 bits per heavy atom. The van der Waals surface area contributed by atoms with Crippen LogP contribution in [-0.2, 0) is 0 Å². The van der Waals surface area contributed by atoms with Gasteiger partial charge in [-0.2, -0.15) is 0 Å². The smallest absolute Gasteiger partial charge is 0.115 e. The first-order chi connectivity index (χ1) is 11.2. The maximum Gasteiger partial charge on any atom is 0.115 e. The van der Waals surface area contributed by atoms with Gasteiger partial charge >= 0.3 is 0 Å². The van der Waals surface area contributed by atoms with E-state index in [4.69, 9.17) is 0 Å². The summed E-state index contributed by atoms with van der Waals surface area (Å²) in [6, 6.07) is 9.69. The summed E-state index contributed by atoms with van der Waals surface area (Å²) in [5.41, 5.74) is 3.78. The molecular formula is C18H20N4O. The summed E-state index contributed by atoms with van der Waals surface area (Å²) in [6.07, 6.45) is 4.07. The minimum Gasteiger partial charge on any atom is -0.508 e. The quantitative estimate of drug-likeness (QED) is 0.680. The molecule has 0 amide bonds. The SMILES string of the molecule is CC1CC(c2ncc3nc(-c4ccc(O)cc4)cc-3[nH]2)CCN1. The molecule has 23 heavy (non-hydrogen) atoms. The summed E-state index contributed by atoms with van der Waals surface area (Å²) in [4.78, 5) is 12.7. The number of H-pyrrole nitrogens is 1. The number of fused-ring (bicyclic) bond motifs is 1. The van der Waals surface area contributed by atoms with E-state index in [0.29, 0.717) is 12.0 Å². The van der Waals surface area contributed by atoms with E-state index in [1.165, 1.54) is 0 Å². The van der Waals surface area contributed by atoms with Crippen molar-refractivity contribution < 1.29 is 5.11 Å². The highest BCUT2D eigenvalue weighted by atomic mass is 16.3. The molecule has 1 aromatic carbocycles. The molecule has 1 fully saturated rings. The van der Waals surface area contributed by atoms with E-state index in [0.717, 1.165) is 47.9 Å². The lowest BCUT2D eigenvalue weighted by atomic mass is 9.92. The number of nitrogens with zero attached hydrogens (tertiary/aromatic N) is 2. The molecule has 3 aliphatic rings. The van der Waals surface area contributed by atoms with E-state index in [1.807, 2.05) is 18.3 Å². The van der Waals surface area contributed by atoms with Gasteiger partial charge in [-0.3, -0.25) is 0 Å². The first-order valence-electron chi connectivity index (χ1n) is 8.07. The van der Waals surface area contributed by atoms with Crippen molar-refractivity contribution in [2.24, 2.45) is 0 Å². The number of hydrogen-bond acceptors (Lipinski definition) is 4. The van der Waals surface area contributed by atoms with Gasteiger partial charge in [-0.05, 0) is 56.6 Å². The lowest BCUT2D eigenvalue weighted by Gasteiger charge is -2.27. The molecule has 3 N–H and O–H groups in total. The molecule has 1 saturated heterocycles. The monoisotopic (exact) mass is 308 g/mol. The minimum atomic E-state index is 0.264. The molecule has 3 heterocycles. The van der Waals surface area contributed by atoms with Crippen molar-refractivity contribution in [2.45, 2.75) is 31.7 Å². The fourth-order valence-corrected chi connectivity index (χ4v) is 3.30. The Hall–Kier alpha value is -2.40. The van der Waals surface area contributed by atoms with E-state index < -0.39 is 0 Å². The number of hydrogen-bond donors (Lipinski definition) is 3. The molecule has 0 aliphatic carbocycles. The lowest BCUT2D eigenvalue weighted by Crippen LogP contribution is -2.35. The molecule has 5 heteroatoms. The van der Waals surface area contributed by atoms with Gasteiger partial charge in [-0.1, -0.05) is 0 Å². The molecule has 3 aliphatic heterocycles. The fraction of sp³-hybridized carbons (Fsp3) is 0.333. The summed E-state index contributed by atoms with van der Waals surface area (Å²) in [6.45, 7) is 3.26. The normalized spacial score (nSPS) is 21.6. The summed E-state index contributed by atoms with van der Waals surface area (Å²) in [7, 11) is 0. The van der Waals surface area contributed by atoms with Crippen LogP contribution < -0.4 is 5.32 Å². The number of aromatic hydroxyl groups is 1. The molecule has 0 spiro atoms. The Kier molecular flexibility index (Phi) is 3.50. The van der Waals surface area contributed by atoms with Gasteiger partial charge in [-0.25, -0.2) is 9.97 Å². The van der Waals surface area contributed by atoms with Crippen LogP contribution in [0.5, 0.6) is 5.75 Å².